The lowest BCUT2D eigenvalue weighted by Crippen LogP contribution is -2.28. The Morgan fingerprint density at radius 3 is 3.29 bits per heavy atom. The van der Waals surface area contributed by atoms with Crippen LogP contribution in [0.5, 0.6) is 0 Å². The Morgan fingerprint density at radius 2 is 2.43 bits per heavy atom. The molecule has 2 nitrogen and oxygen atoms in total. The topological polar surface area (TPSA) is 21.3 Å². The standard InChI is InChI=1S/C11H17NOS/c1-3-10(5-7-13-6-1)12-9-11-4-2-8-14-11/h2,4,8,10,12H,1,3,5-7,9H2/t10-/m0/s1. The molecule has 1 fully saturated rings. The van der Waals surface area contributed by atoms with Gasteiger partial charge in [-0.1, -0.05) is 6.07 Å². The predicted molar refractivity (Wildman–Crippen MR) is 59.6 cm³/mol. The smallest absolute Gasteiger partial charge is 0.0480 e. The molecule has 78 valence electrons. The van der Waals surface area contributed by atoms with E-state index in [0.29, 0.717) is 6.04 Å². The van der Waals surface area contributed by atoms with Crippen LogP contribution in [0.2, 0.25) is 0 Å². The highest BCUT2D eigenvalue weighted by molar-refractivity contribution is 7.09. The van der Waals surface area contributed by atoms with E-state index in [9.17, 15) is 0 Å². The van der Waals surface area contributed by atoms with E-state index in [0.717, 1.165) is 26.2 Å². The minimum Gasteiger partial charge on any atom is -0.381 e. The van der Waals surface area contributed by atoms with Gasteiger partial charge in [0.15, 0.2) is 0 Å². The van der Waals surface area contributed by atoms with Crippen molar-refractivity contribution in [1.29, 1.82) is 0 Å². The molecule has 3 heteroatoms. The summed E-state index contributed by atoms with van der Waals surface area (Å²) in [5.74, 6) is 0. The van der Waals surface area contributed by atoms with E-state index in [-0.39, 0.29) is 0 Å². The maximum atomic E-state index is 5.42. The van der Waals surface area contributed by atoms with Gasteiger partial charge in [0.25, 0.3) is 0 Å². The number of rotatable bonds is 3. The lowest BCUT2D eigenvalue weighted by atomic mass is 10.1. The molecule has 2 rings (SSSR count). The summed E-state index contributed by atoms with van der Waals surface area (Å²) in [6.45, 7) is 2.88. The first-order valence-electron chi connectivity index (χ1n) is 5.28. The molecule has 0 spiro atoms. The van der Waals surface area contributed by atoms with E-state index in [1.54, 1.807) is 0 Å². The first kappa shape index (κ1) is 10.1. The summed E-state index contributed by atoms with van der Waals surface area (Å²) >= 11 is 1.82. The van der Waals surface area contributed by atoms with Crippen LogP contribution in [0, 0.1) is 0 Å². The van der Waals surface area contributed by atoms with Crippen molar-refractivity contribution >= 4 is 11.3 Å². The molecule has 1 N–H and O–H groups in total. The van der Waals surface area contributed by atoms with Crippen molar-refractivity contribution in [2.45, 2.75) is 31.8 Å². The summed E-state index contributed by atoms with van der Waals surface area (Å²) in [6, 6.07) is 4.95. The van der Waals surface area contributed by atoms with Crippen molar-refractivity contribution in [1.82, 2.24) is 5.32 Å². The van der Waals surface area contributed by atoms with E-state index in [2.05, 4.69) is 22.8 Å². The lowest BCUT2D eigenvalue weighted by molar-refractivity contribution is 0.142. The summed E-state index contributed by atoms with van der Waals surface area (Å²) in [5, 5.41) is 5.73. The van der Waals surface area contributed by atoms with Crippen LogP contribution in [0.3, 0.4) is 0 Å². The molecule has 1 saturated heterocycles. The van der Waals surface area contributed by atoms with E-state index >= 15 is 0 Å². The molecule has 0 bridgehead atoms. The monoisotopic (exact) mass is 211 g/mol. The molecule has 0 amide bonds. The van der Waals surface area contributed by atoms with Gasteiger partial charge in [0.1, 0.15) is 0 Å². The largest absolute Gasteiger partial charge is 0.381 e. The molecule has 0 aliphatic carbocycles. The number of hydrogen-bond donors (Lipinski definition) is 1. The Morgan fingerprint density at radius 1 is 1.43 bits per heavy atom. The molecule has 1 atom stereocenters. The molecule has 1 aromatic heterocycles. The summed E-state index contributed by atoms with van der Waals surface area (Å²) in [4.78, 5) is 1.43. The zero-order valence-corrected chi connectivity index (χ0v) is 9.19. The summed E-state index contributed by atoms with van der Waals surface area (Å²) < 4.78 is 5.42. The van der Waals surface area contributed by atoms with Crippen LogP contribution >= 0.6 is 11.3 Å². The van der Waals surface area contributed by atoms with E-state index < -0.39 is 0 Å². The van der Waals surface area contributed by atoms with E-state index in [1.165, 1.54) is 17.7 Å². The van der Waals surface area contributed by atoms with Gasteiger partial charge in [-0.15, -0.1) is 11.3 Å². The Bertz CT molecular complexity index is 240. The Balaban J connectivity index is 1.73. The van der Waals surface area contributed by atoms with Crippen LogP contribution in [0.15, 0.2) is 17.5 Å². The van der Waals surface area contributed by atoms with Crippen molar-refractivity contribution in [2.75, 3.05) is 13.2 Å². The van der Waals surface area contributed by atoms with Crippen LogP contribution in [-0.2, 0) is 11.3 Å². The van der Waals surface area contributed by atoms with Gasteiger partial charge in [0.2, 0.25) is 0 Å². The van der Waals surface area contributed by atoms with Gasteiger partial charge in [-0.2, -0.15) is 0 Å². The maximum Gasteiger partial charge on any atom is 0.0480 e. The van der Waals surface area contributed by atoms with Gasteiger partial charge in [0, 0.05) is 30.7 Å². The third kappa shape index (κ3) is 3.08. The van der Waals surface area contributed by atoms with Gasteiger partial charge in [-0.25, -0.2) is 0 Å². The second-order valence-electron chi connectivity index (χ2n) is 3.70. The number of ether oxygens (including phenoxy) is 1. The molecule has 1 aromatic rings. The minimum atomic E-state index is 0.652. The minimum absolute atomic E-state index is 0.652. The average Bonchev–Trinajstić information content (AvgIpc) is 2.58. The van der Waals surface area contributed by atoms with Gasteiger partial charge in [-0.05, 0) is 30.7 Å². The normalized spacial score (nSPS) is 23.3. The van der Waals surface area contributed by atoms with Crippen LogP contribution in [-0.4, -0.2) is 19.3 Å². The Hall–Kier alpha value is -0.380. The van der Waals surface area contributed by atoms with E-state index in [1.807, 2.05) is 11.3 Å². The first-order valence-corrected chi connectivity index (χ1v) is 6.16. The highest BCUT2D eigenvalue weighted by atomic mass is 32.1. The van der Waals surface area contributed by atoms with Crippen LogP contribution < -0.4 is 5.32 Å². The summed E-state index contributed by atoms with van der Waals surface area (Å²) in [7, 11) is 0. The number of thiophene rings is 1. The molecule has 0 radical (unpaired) electrons. The molecule has 0 saturated carbocycles. The summed E-state index contributed by atoms with van der Waals surface area (Å²) in [6.07, 6.45) is 3.61. The van der Waals surface area contributed by atoms with Gasteiger partial charge >= 0.3 is 0 Å². The molecule has 1 aliphatic heterocycles. The SMILES string of the molecule is c1csc(CN[C@H]2CCCOCC2)c1. The second-order valence-corrected chi connectivity index (χ2v) is 4.73. The number of nitrogens with one attached hydrogen (secondary N) is 1. The average molecular weight is 211 g/mol. The zero-order valence-electron chi connectivity index (χ0n) is 8.37. The Kier molecular flexibility index (Phi) is 3.98. The second kappa shape index (κ2) is 5.49. The highest BCUT2D eigenvalue weighted by Crippen LogP contribution is 2.11. The fourth-order valence-electron chi connectivity index (χ4n) is 1.77. The van der Waals surface area contributed by atoms with E-state index in [4.69, 9.17) is 4.74 Å². The quantitative estimate of drug-likeness (QED) is 0.829. The van der Waals surface area contributed by atoms with Crippen molar-refractivity contribution in [3.63, 3.8) is 0 Å². The third-order valence-electron chi connectivity index (χ3n) is 2.60. The van der Waals surface area contributed by atoms with Gasteiger partial charge < -0.3 is 10.1 Å². The number of hydrogen-bond acceptors (Lipinski definition) is 3. The molecule has 0 unspecified atom stereocenters. The van der Waals surface area contributed by atoms with Crippen molar-refractivity contribution in [2.24, 2.45) is 0 Å². The maximum absolute atomic E-state index is 5.42. The highest BCUT2D eigenvalue weighted by Gasteiger charge is 2.11. The molecule has 0 aromatic carbocycles. The van der Waals surface area contributed by atoms with Crippen LogP contribution in [0.4, 0.5) is 0 Å². The molecular formula is C11H17NOS. The van der Waals surface area contributed by atoms with Gasteiger partial charge in [-0.3, -0.25) is 0 Å². The molecule has 1 aliphatic rings. The fourth-order valence-corrected chi connectivity index (χ4v) is 2.42. The molecular weight excluding hydrogens is 194 g/mol. The Labute approximate surface area is 89.3 Å². The summed E-state index contributed by atoms with van der Waals surface area (Å²) in [5.41, 5.74) is 0. The molecule has 2 heterocycles. The van der Waals surface area contributed by atoms with Crippen molar-refractivity contribution < 1.29 is 4.74 Å². The molecule has 14 heavy (non-hydrogen) atoms. The fraction of sp³-hybridized carbons (Fsp3) is 0.636. The van der Waals surface area contributed by atoms with Crippen LogP contribution in [0.1, 0.15) is 24.1 Å². The third-order valence-corrected chi connectivity index (χ3v) is 3.47. The first-order chi connectivity index (χ1) is 6.95. The van der Waals surface area contributed by atoms with Crippen LogP contribution in [0.25, 0.3) is 0 Å². The zero-order chi connectivity index (χ0) is 9.64. The van der Waals surface area contributed by atoms with Crippen molar-refractivity contribution in [3.8, 4) is 0 Å². The van der Waals surface area contributed by atoms with Crippen molar-refractivity contribution in [3.05, 3.63) is 22.4 Å². The van der Waals surface area contributed by atoms with Gasteiger partial charge in [0.05, 0.1) is 0 Å². The predicted octanol–water partition coefficient (Wildman–Crippen LogP) is 2.41. The lowest BCUT2D eigenvalue weighted by Gasteiger charge is -2.14.